The SMILES string of the molecule is CCCCCN1CCN(S(=O)(=O)CCC)CC1. The number of hydrogen-bond donors (Lipinski definition) is 0. The van der Waals surface area contributed by atoms with Crippen molar-refractivity contribution in [3.8, 4) is 0 Å². The van der Waals surface area contributed by atoms with Crippen LogP contribution in [0, 0.1) is 0 Å². The van der Waals surface area contributed by atoms with Crippen LogP contribution in [0.25, 0.3) is 0 Å². The number of rotatable bonds is 7. The van der Waals surface area contributed by atoms with Gasteiger partial charge in [0.25, 0.3) is 0 Å². The fourth-order valence-corrected chi connectivity index (χ4v) is 3.70. The first-order chi connectivity index (χ1) is 8.10. The van der Waals surface area contributed by atoms with Crippen molar-refractivity contribution in [2.75, 3.05) is 38.5 Å². The summed E-state index contributed by atoms with van der Waals surface area (Å²) in [5.74, 6) is 0.294. The molecule has 1 saturated heterocycles. The summed E-state index contributed by atoms with van der Waals surface area (Å²) in [6.45, 7) is 8.38. The summed E-state index contributed by atoms with van der Waals surface area (Å²) >= 11 is 0. The highest BCUT2D eigenvalue weighted by Crippen LogP contribution is 2.10. The molecular weight excluding hydrogens is 236 g/mol. The molecule has 17 heavy (non-hydrogen) atoms. The molecule has 0 saturated carbocycles. The van der Waals surface area contributed by atoms with Gasteiger partial charge in [0.15, 0.2) is 0 Å². The molecule has 5 heteroatoms. The summed E-state index contributed by atoms with van der Waals surface area (Å²) in [7, 11) is -2.98. The lowest BCUT2D eigenvalue weighted by atomic mass is 10.2. The summed E-state index contributed by atoms with van der Waals surface area (Å²) in [6, 6.07) is 0. The van der Waals surface area contributed by atoms with Crippen LogP contribution in [-0.2, 0) is 10.0 Å². The van der Waals surface area contributed by atoms with E-state index in [-0.39, 0.29) is 0 Å². The van der Waals surface area contributed by atoms with Gasteiger partial charge >= 0.3 is 0 Å². The van der Waals surface area contributed by atoms with Crippen LogP contribution in [0.2, 0.25) is 0 Å². The van der Waals surface area contributed by atoms with Gasteiger partial charge in [0.05, 0.1) is 5.75 Å². The van der Waals surface area contributed by atoms with Gasteiger partial charge in [-0.3, -0.25) is 0 Å². The van der Waals surface area contributed by atoms with E-state index in [2.05, 4.69) is 11.8 Å². The normalized spacial score (nSPS) is 19.6. The minimum Gasteiger partial charge on any atom is -0.301 e. The average molecular weight is 262 g/mol. The summed E-state index contributed by atoms with van der Waals surface area (Å²) in [6.07, 6.45) is 4.45. The van der Waals surface area contributed by atoms with E-state index in [4.69, 9.17) is 0 Å². The molecule has 0 amide bonds. The van der Waals surface area contributed by atoms with Crippen LogP contribution in [0.5, 0.6) is 0 Å². The van der Waals surface area contributed by atoms with Gasteiger partial charge in [0, 0.05) is 26.2 Å². The topological polar surface area (TPSA) is 40.6 Å². The molecule has 1 fully saturated rings. The molecule has 0 unspecified atom stereocenters. The maximum absolute atomic E-state index is 11.9. The lowest BCUT2D eigenvalue weighted by Crippen LogP contribution is -2.49. The Bertz CT molecular complexity index is 296. The molecule has 0 aromatic rings. The number of nitrogens with zero attached hydrogens (tertiary/aromatic N) is 2. The third kappa shape index (κ3) is 4.94. The van der Waals surface area contributed by atoms with E-state index in [1.807, 2.05) is 6.92 Å². The molecule has 0 radical (unpaired) electrons. The molecule has 0 aromatic heterocycles. The van der Waals surface area contributed by atoms with Crippen molar-refractivity contribution in [2.24, 2.45) is 0 Å². The van der Waals surface area contributed by atoms with Gasteiger partial charge in [-0.25, -0.2) is 8.42 Å². The van der Waals surface area contributed by atoms with E-state index in [0.717, 1.165) is 19.6 Å². The third-order valence-electron chi connectivity index (χ3n) is 3.26. The van der Waals surface area contributed by atoms with Crippen LogP contribution in [0.15, 0.2) is 0 Å². The summed E-state index contributed by atoms with van der Waals surface area (Å²) in [5, 5.41) is 0. The van der Waals surface area contributed by atoms with Crippen LogP contribution in [0.4, 0.5) is 0 Å². The number of unbranched alkanes of at least 4 members (excludes halogenated alkanes) is 2. The Morgan fingerprint density at radius 3 is 2.12 bits per heavy atom. The lowest BCUT2D eigenvalue weighted by Gasteiger charge is -2.33. The van der Waals surface area contributed by atoms with Crippen molar-refractivity contribution >= 4 is 10.0 Å². The first-order valence-electron chi connectivity index (χ1n) is 6.80. The van der Waals surface area contributed by atoms with E-state index < -0.39 is 10.0 Å². The largest absolute Gasteiger partial charge is 0.301 e. The van der Waals surface area contributed by atoms with E-state index in [9.17, 15) is 8.42 Å². The maximum atomic E-state index is 11.9. The van der Waals surface area contributed by atoms with E-state index >= 15 is 0 Å². The molecule has 0 aromatic carbocycles. The molecule has 102 valence electrons. The fraction of sp³-hybridized carbons (Fsp3) is 1.00. The predicted molar refractivity (Wildman–Crippen MR) is 71.6 cm³/mol. The van der Waals surface area contributed by atoms with E-state index in [1.54, 1.807) is 4.31 Å². The van der Waals surface area contributed by atoms with Gasteiger partial charge < -0.3 is 4.90 Å². The molecule has 1 heterocycles. The highest BCUT2D eigenvalue weighted by atomic mass is 32.2. The Kier molecular flexibility index (Phi) is 6.44. The minimum absolute atomic E-state index is 0.294. The Hall–Kier alpha value is -0.130. The Labute approximate surface area is 106 Å². The van der Waals surface area contributed by atoms with Crippen molar-refractivity contribution in [1.82, 2.24) is 9.21 Å². The first kappa shape index (κ1) is 14.9. The fourth-order valence-electron chi connectivity index (χ4n) is 2.20. The quantitative estimate of drug-likeness (QED) is 0.653. The molecule has 0 N–H and O–H groups in total. The number of sulfonamides is 1. The first-order valence-corrected chi connectivity index (χ1v) is 8.41. The minimum atomic E-state index is -2.98. The van der Waals surface area contributed by atoms with Crippen LogP contribution in [0.1, 0.15) is 39.5 Å². The highest BCUT2D eigenvalue weighted by molar-refractivity contribution is 7.89. The molecule has 4 nitrogen and oxygen atoms in total. The van der Waals surface area contributed by atoms with Crippen molar-refractivity contribution in [1.29, 1.82) is 0 Å². The Balaban J connectivity index is 2.30. The summed E-state index contributed by atoms with van der Waals surface area (Å²) < 4.78 is 25.4. The van der Waals surface area contributed by atoms with Gasteiger partial charge in [0.1, 0.15) is 0 Å². The highest BCUT2D eigenvalue weighted by Gasteiger charge is 2.25. The maximum Gasteiger partial charge on any atom is 0.214 e. The standard InChI is InChI=1S/C12H26N2O2S/c1-3-5-6-7-13-8-10-14(11-9-13)17(15,16)12-4-2/h3-12H2,1-2H3. The second-order valence-electron chi connectivity index (χ2n) is 4.76. The zero-order valence-corrected chi connectivity index (χ0v) is 12.0. The zero-order valence-electron chi connectivity index (χ0n) is 11.2. The lowest BCUT2D eigenvalue weighted by molar-refractivity contribution is 0.185. The van der Waals surface area contributed by atoms with Gasteiger partial charge in [0.2, 0.25) is 10.0 Å². The van der Waals surface area contributed by atoms with Gasteiger partial charge in [-0.05, 0) is 19.4 Å². The third-order valence-corrected chi connectivity index (χ3v) is 5.34. The van der Waals surface area contributed by atoms with E-state index in [0.29, 0.717) is 25.3 Å². The van der Waals surface area contributed by atoms with Gasteiger partial charge in [-0.2, -0.15) is 4.31 Å². The van der Waals surface area contributed by atoms with Crippen molar-refractivity contribution in [3.63, 3.8) is 0 Å². The molecule has 1 aliphatic heterocycles. The molecule has 0 spiro atoms. The Morgan fingerprint density at radius 1 is 0.941 bits per heavy atom. The van der Waals surface area contributed by atoms with Gasteiger partial charge in [-0.1, -0.05) is 26.7 Å². The molecule has 0 aliphatic carbocycles. The molecule has 0 bridgehead atoms. The van der Waals surface area contributed by atoms with Crippen molar-refractivity contribution in [2.45, 2.75) is 39.5 Å². The van der Waals surface area contributed by atoms with Crippen LogP contribution in [-0.4, -0.2) is 56.1 Å². The number of piperazine rings is 1. The zero-order chi connectivity index (χ0) is 12.7. The van der Waals surface area contributed by atoms with Crippen LogP contribution < -0.4 is 0 Å². The van der Waals surface area contributed by atoms with Crippen molar-refractivity contribution in [3.05, 3.63) is 0 Å². The molecule has 0 atom stereocenters. The summed E-state index contributed by atoms with van der Waals surface area (Å²) in [5.41, 5.74) is 0. The van der Waals surface area contributed by atoms with E-state index in [1.165, 1.54) is 19.3 Å². The monoisotopic (exact) mass is 262 g/mol. The van der Waals surface area contributed by atoms with Crippen LogP contribution >= 0.6 is 0 Å². The molecule has 1 rings (SSSR count). The van der Waals surface area contributed by atoms with Crippen molar-refractivity contribution < 1.29 is 8.42 Å². The van der Waals surface area contributed by atoms with Gasteiger partial charge in [-0.15, -0.1) is 0 Å². The second-order valence-corrected chi connectivity index (χ2v) is 6.85. The smallest absolute Gasteiger partial charge is 0.214 e. The van der Waals surface area contributed by atoms with Crippen LogP contribution in [0.3, 0.4) is 0 Å². The molecular formula is C12H26N2O2S. The molecule has 1 aliphatic rings. The average Bonchev–Trinajstić information content (AvgIpc) is 2.30. The number of hydrogen-bond acceptors (Lipinski definition) is 3. The summed E-state index contributed by atoms with van der Waals surface area (Å²) in [4.78, 5) is 2.38. The predicted octanol–water partition coefficient (Wildman–Crippen LogP) is 1.53. The second kappa shape index (κ2) is 7.34. The Morgan fingerprint density at radius 2 is 1.59 bits per heavy atom.